The van der Waals surface area contributed by atoms with Gasteiger partial charge in [-0.25, -0.2) is 0 Å². The molecule has 0 saturated carbocycles. The average Bonchev–Trinajstić information content (AvgIpc) is 2.77. The molecule has 3 aromatic rings. The third-order valence-corrected chi connectivity index (χ3v) is 7.26. The Kier molecular flexibility index (Phi) is 7.96. The Morgan fingerprint density at radius 3 is 1.18 bits per heavy atom. The van der Waals surface area contributed by atoms with Crippen LogP contribution in [-0.2, 0) is 24.1 Å². The second kappa shape index (κ2) is 10.9. The molecule has 0 aliphatic carbocycles. The molecule has 0 bridgehead atoms. The molecule has 0 unspecified atom stereocenters. The molecule has 146 valence electrons. The van der Waals surface area contributed by atoms with E-state index >= 15 is 0 Å². The standard InChI is InChI=1S/C23H29N3OSi/c1-2-27-28(24-18-21-12-6-3-7-13-21,25-19-22-14-8-4-9-15-22)26-20-23-16-10-5-11-17-23/h3-17,24-26H,2,18-20H2,1H3. The van der Waals surface area contributed by atoms with Crippen molar-refractivity contribution in [2.24, 2.45) is 0 Å². The molecule has 0 atom stereocenters. The topological polar surface area (TPSA) is 45.3 Å². The van der Waals surface area contributed by atoms with Crippen molar-refractivity contribution in [3.05, 3.63) is 108 Å². The zero-order valence-electron chi connectivity index (χ0n) is 16.4. The summed E-state index contributed by atoms with van der Waals surface area (Å²) in [4.78, 5) is 11.1. The normalized spacial score (nSPS) is 11.5. The third kappa shape index (κ3) is 6.40. The zero-order chi connectivity index (χ0) is 19.5. The highest BCUT2D eigenvalue weighted by molar-refractivity contribution is 6.66. The van der Waals surface area contributed by atoms with E-state index in [-0.39, 0.29) is 0 Å². The lowest BCUT2D eigenvalue weighted by Gasteiger charge is -2.32. The molecule has 4 nitrogen and oxygen atoms in total. The summed E-state index contributed by atoms with van der Waals surface area (Å²) in [6, 6.07) is 31.3. The highest BCUT2D eigenvalue weighted by Crippen LogP contribution is 2.06. The van der Waals surface area contributed by atoms with E-state index in [2.05, 4.69) is 87.7 Å². The molecule has 5 heteroatoms. The molecule has 0 fully saturated rings. The Morgan fingerprint density at radius 1 is 0.571 bits per heavy atom. The predicted molar refractivity (Wildman–Crippen MR) is 117 cm³/mol. The van der Waals surface area contributed by atoms with Crippen molar-refractivity contribution in [2.45, 2.75) is 26.6 Å². The molecule has 0 aromatic heterocycles. The van der Waals surface area contributed by atoms with Crippen LogP contribution in [0.3, 0.4) is 0 Å². The van der Waals surface area contributed by atoms with Crippen molar-refractivity contribution in [3.63, 3.8) is 0 Å². The average molecular weight is 392 g/mol. The van der Waals surface area contributed by atoms with E-state index in [4.69, 9.17) is 4.43 Å². The molecular formula is C23H29N3OSi. The molecule has 0 amide bonds. The van der Waals surface area contributed by atoms with Crippen molar-refractivity contribution < 1.29 is 4.43 Å². The summed E-state index contributed by atoms with van der Waals surface area (Å²) in [5, 5.41) is 0. The van der Waals surface area contributed by atoms with E-state index in [9.17, 15) is 0 Å². The Morgan fingerprint density at radius 2 is 0.893 bits per heavy atom. The van der Waals surface area contributed by atoms with E-state index in [0.717, 1.165) is 19.6 Å². The molecule has 0 aliphatic rings. The van der Waals surface area contributed by atoms with E-state index in [1.165, 1.54) is 16.7 Å². The van der Waals surface area contributed by atoms with Crippen LogP contribution >= 0.6 is 0 Å². The van der Waals surface area contributed by atoms with Crippen LogP contribution in [0.4, 0.5) is 0 Å². The number of nitrogens with one attached hydrogen (secondary N) is 3. The first-order valence-electron chi connectivity index (χ1n) is 9.80. The maximum absolute atomic E-state index is 6.30. The van der Waals surface area contributed by atoms with Crippen molar-refractivity contribution in [1.29, 1.82) is 0 Å². The van der Waals surface area contributed by atoms with Crippen LogP contribution in [0.1, 0.15) is 23.6 Å². The lowest BCUT2D eigenvalue weighted by molar-refractivity contribution is 0.283. The summed E-state index contributed by atoms with van der Waals surface area (Å²) in [6.07, 6.45) is 0. The van der Waals surface area contributed by atoms with Gasteiger partial charge in [0, 0.05) is 26.2 Å². The van der Waals surface area contributed by atoms with E-state index in [1.54, 1.807) is 0 Å². The zero-order valence-corrected chi connectivity index (χ0v) is 17.4. The summed E-state index contributed by atoms with van der Waals surface area (Å²) < 4.78 is 6.30. The lowest BCUT2D eigenvalue weighted by atomic mass is 10.2. The van der Waals surface area contributed by atoms with Gasteiger partial charge < -0.3 is 4.43 Å². The van der Waals surface area contributed by atoms with Gasteiger partial charge in [0.15, 0.2) is 0 Å². The van der Waals surface area contributed by atoms with Gasteiger partial charge in [-0.1, -0.05) is 91.0 Å². The maximum Gasteiger partial charge on any atom is 0.440 e. The minimum Gasteiger partial charge on any atom is -0.380 e. The van der Waals surface area contributed by atoms with E-state index in [0.29, 0.717) is 6.61 Å². The van der Waals surface area contributed by atoms with E-state index in [1.807, 2.05) is 25.1 Å². The first kappa shape index (κ1) is 20.5. The number of hydrogen-bond acceptors (Lipinski definition) is 4. The molecule has 0 aliphatic heterocycles. The maximum atomic E-state index is 6.30. The van der Waals surface area contributed by atoms with Crippen LogP contribution in [0.5, 0.6) is 0 Å². The lowest BCUT2D eigenvalue weighted by Crippen LogP contribution is -2.73. The fourth-order valence-electron chi connectivity index (χ4n) is 3.02. The summed E-state index contributed by atoms with van der Waals surface area (Å²) in [5.41, 5.74) is 3.71. The van der Waals surface area contributed by atoms with Gasteiger partial charge in [-0.3, -0.25) is 14.9 Å². The summed E-state index contributed by atoms with van der Waals surface area (Å²) in [5.74, 6) is 0. The SMILES string of the molecule is CCO[Si](NCc1ccccc1)(NCc1ccccc1)NCc1ccccc1. The second-order valence-electron chi connectivity index (χ2n) is 6.63. The monoisotopic (exact) mass is 391 g/mol. The van der Waals surface area contributed by atoms with Gasteiger partial charge in [-0.05, 0) is 23.6 Å². The van der Waals surface area contributed by atoms with Gasteiger partial charge in [-0.15, -0.1) is 0 Å². The third-order valence-electron chi connectivity index (χ3n) is 4.51. The molecule has 0 radical (unpaired) electrons. The Bertz CT molecular complexity index is 694. The largest absolute Gasteiger partial charge is 0.440 e. The van der Waals surface area contributed by atoms with Crippen LogP contribution in [0.25, 0.3) is 0 Å². The first-order chi connectivity index (χ1) is 13.8. The van der Waals surface area contributed by atoms with Gasteiger partial charge in [0.2, 0.25) is 0 Å². The quantitative estimate of drug-likeness (QED) is 0.435. The van der Waals surface area contributed by atoms with Crippen LogP contribution in [0.15, 0.2) is 91.0 Å². The highest BCUT2D eigenvalue weighted by atomic mass is 28.4. The molecule has 28 heavy (non-hydrogen) atoms. The fraction of sp³-hybridized carbons (Fsp3) is 0.217. The first-order valence-corrected chi connectivity index (χ1v) is 11.7. The molecule has 0 spiro atoms. The number of rotatable bonds is 11. The summed E-state index contributed by atoms with van der Waals surface area (Å²) in [7, 11) is -2.59. The van der Waals surface area contributed by atoms with E-state index < -0.39 is 8.80 Å². The molecule has 3 rings (SSSR count). The second-order valence-corrected chi connectivity index (χ2v) is 9.34. The predicted octanol–water partition coefficient (Wildman–Crippen LogP) is 3.83. The van der Waals surface area contributed by atoms with Crippen molar-refractivity contribution in [3.8, 4) is 0 Å². The van der Waals surface area contributed by atoms with Crippen molar-refractivity contribution in [2.75, 3.05) is 6.61 Å². The molecule has 3 N–H and O–H groups in total. The Balaban J connectivity index is 1.73. The highest BCUT2D eigenvalue weighted by Gasteiger charge is 2.36. The van der Waals surface area contributed by atoms with Gasteiger partial charge in [0.1, 0.15) is 0 Å². The fourth-order valence-corrected chi connectivity index (χ4v) is 5.50. The van der Waals surface area contributed by atoms with Crippen molar-refractivity contribution >= 4 is 8.80 Å². The van der Waals surface area contributed by atoms with Gasteiger partial charge in [0.25, 0.3) is 0 Å². The number of hydrogen-bond donors (Lipinski definition) is 3. The summed E-state index contributed by atoms with van der Waals surface area (Å²) in [6.45, 7) is 4.92. The van der Waals surface area contributed by atoms with Crippen LogP contribution in [0.2, 0.25) is 0 Å². The van der Waals surface area contributed by atoms with Gasteiger partial charge in [0.05, 0.1) is 0 Å². The summed E-state index contributed by atoms with van der Waals surface area (Å²) >= 11 is 0. The molecular weight excluding hydrogens is 362 g/mol. The van der Waals surface area contributed by atoms with Crippen LogP contribution in [-0.4, -0.2) is 15.4 Å². The van der Waals surface area contributed by atoms with Crippen molar-refractivity contribution in [1.82, 2.24) is 14.9 Å². The molecule has 0 saturated heterocycles. The number of benzene rings is 3. The molecule has 0 heterocycles. The molecule has 3 aromatic carbocycles. The van der Waals surface area contributed by atoms with Crippen LogP contribution < -0.4 is 14.9 Å². The smallest absolute Gasteiger partial charge is 0.380 e. The Hall–Kier alpha value is -2.28. The van der Waals surface area contributed by atoms with Crippen LogP contribution in [0, 0.1) is 0 Å². The Labute approximate surface area is 169 Å². The minimum atomic E-state index is -2.59. The minimum absolute atomic E-state index is 0.636. The van der Waals surface area contributed by atoms with Gasteiger partial charge >= 0.3 is 8.80 Å². The van der Waals surface area contributed by atoms with Gasteiger partial charge in [-0.2, -0.15) is 0 Å².